The van der Waals surface area contributed by atoms with E-state index in [0.29, 0.717) is 6.61 Å². The van der Waals surface area contributed by atoms with Crippen molar-refractivity contribution in [2.45, 2.75) is 32.7 Å². The maximum Gasteiger partial charge on any atom is 0.328 e. The fourth-order valence-corrected chi connectivity index (χ4v) is 0.868. The fourth-order valence-electron chi connectivity index (χ4n) is 0.868. The zero-order valence-corrected chi connectivity index (χ0v) is 8.58. The molecular formula is C9H17NO4. The van der Waals surface area contributed by atoms with Crippen LogP contribution in [0.4, 0.5) is 0 Å². The third-order valence-electron chi connectivity index (χ3n) is 1.60. The van der Waals surface area contributed by atoms with Gasteiger partial charge in [-0.3, -0.25) is 4.79 Å². The molecule has 0 rings (SSSR count). The van der Waals surface area contributed by atoms with Gasteiger partial charge in [0.2, 0.25) is 5.91 Å². The second kappa shape index (κ2) is 7.32. The Morgan fingerprint density at radius 2 is 2.14 bits per heavy atom. The van der Waals surface area contributed by atoms with Gasteiger partial charge in [-0.05, 0) is 6.42 Å². The molecule has 82 valence electrons. The van der Waals surface area contributed by atoms with Gasteiger partial charge in [0.05, 0.1) is 6.61 Å². The molecule has 1 amide bonds. The fraction of sp³-hybridized carbons (Fsp3) is 0.778. The molecule has 0 aliphatic heterocycles. The summed E-state index contributed by atoms with van der Waals surface area (Å²) in [6, 6.07) is -0.940. The van der Waals surface area contributed by atoms with Crippen molar-refractivity contribution in [3.63, 3.8) is 0 Å². The lowest BCUT2D eigenvalue weighted by Gasteiger charge is -2.13. The van der Waals surface area contributed by atoms with Crippen LogP contribution in [0.15, 0.2) is 0 Å². The molecule has 0 aromatic rings. The summed E-state index contributed by atoms with van der Waals surface area (Å²) in [4.78, 5) is 21.2. The number of rotatable bonds is 7. The van der Waals surface area contributed by atoms with E-state index in [-0.39, 0.29) is 12.5 Å². The van der Waals surface area contributed by atoms with E-state index in [4.69, 9.17) is 9.84 Å². The van der Waals surface area contributed by atoms with Gasteiger partial charge < -0.3 is 15.2 Å². The van der Waals surface area contributed by atoms with E-state index < -0.39 is 12.0 Å². The van der Waals surface area contributed by atoms with Crippen LogP contribution in [0.5, 0.6) is 0 Å². The first-order valence-electron chi connectivity index (χ1n) is 4.65. The number of carboxylic acids is 1. The maximum absolute atomic E-state index is 10.6. The first-order valence-corrected chi connectivity index (χ1v) is 4.65. The number of nitrogens with one attached hydrogen (secondary N) is 1. The lowest BCUT2D eigenvalue weighted by molar-refractivity contribution is -0.143. The molecule has 0 aliphatic carbocycles. The SMILES string of the molecule is CCCCOCC(NC(C)=O)C(=O)O. The van der Waals surface area contributed by atoms with E-state index in [1.54, 1.807) is 0 Å². The van der Waals surface area contributed by atoms with Crippen LogP contribution >= 0.6 is 0 Å². The highest BCUT2D eigenvalue weighted by Gasteiger charge is 2.17. The summed E-state index contributed by atoms with van der Waals surface area (Å²) >= 11 is 0. The maximum atomic E-state index is 10.6. The molecule has 14 heavy (non-hydrogen) atoms. The van der Waals surface area contributed by atoms with Crippen molar-refractivity contribution in [1.82, 2.24) is 5.32 Å². The molecular weight excluding hydrogens is 186 g/mol. The van der Waals surface area contributed by atoms with Crippen LogP contribution in [0.2, 0.25) is 0 Å². The number of aliphatic carboxylic acids is 1. The largest absolute Gasteiger partial charge is 0.480 e. The number of amides is 1. The van der Waals surface area contributed by atoms with Crippen molar-refractivity contribution in [2.75, 3.05) is 13.2 Å². The number of carboxylic acid groups (broad SMARTS) is 1. The third-order valence-corrected chi connectivity index (χ3v) is 1.60. The van der Waals surface area contributed by atoms with Crippen LogP contribution in [0, 0.1) is 0 Å². The van der Waals surface area contributed by atoms with Crippen LogP contribution in [0.1, 0.15) is 26.7 Å². The smallest absolute Gasteiger partial charge is 0.328 e. The number of hydrogen-bond acceptors (Lipinski definition) is 3. The highest BCUT2D eigenvalue weighted by molar-refractivity contribution is 5.82. The second-order valence-electron chi connectivity index (χ2n) is 3.02. The lowest BCUT2D eigenvalue weighted by Crippen LogP contribution is -2.43. The van der Waals surface area contributed by atoms with E-state index in [0.717, 1.165) is 12.8 Å². The molecule has 0 heterocycles. The topological polar surface area (TPSA) is 75.6 Å². The zero-order valence-electron chi connectivity index (χ0n) is 8.58. The minimum atomic E-state index is -1.07. The van der Waals surface area contributed by atoms with E-state index in [1.807, 2.05) is 6.92 Å². The number of ether oxygens (including phenoxy) is 1. The van der Waals surface area contributed by atoms with Crippen molar-refractivity contribution in [1.29, 1.82) is 0 Å². The Bertz CT molecular complexity index is 193. The van der Waals surface area contributed by atoms with Crippen LogP contribution in [0.3, 0.4) is 0 Å². The highest BCUT2D eigenvalue weighted by atomic mass is 16.5. The molecule has 5 nitrogen and oxygen atoms in total. The number of hydrogen-bond donors (Lipinski definition) is 2. The molecule has 0 radical (unpaired) electrons. The van der Waals surface area contributed by atoms with Crippen molar-refractivity contribution in [3.05, 3.63) is 0 Å². The summed E-state index contributed by atoms with van der Waals surface area (Å²) in [6.07, 6.45) is 1.89. The van der Waals surface area contributed by atoms with Gasteiger partial charge in [-0.25, -0.2) is 4.79 Å². The van der Waals surface area contributed by atoms with Gasteiger partial charge in [-0.15, -0.1) is 0 Å². The monoisotopic (exact) mass is 203 g/mol. The Kier molecular flexibility index (Phi) is 6.74. The van der Waals surface area contributed by atoms with Gasteiger partial charge in [0.1, 0.15) is 0 Å². The Labute approximate surface area is 83.4 Å². The van der Waals surface area contributed by atoms with Crippen molar-refractivity contribution >= 4 is 11.9 Å². The first-order chi connectivity index (χ1) is 6.57. The summed E-state index contributed by atoms with van der Waals surface area (Å²) in [5.74, 6) is -1.44. The molecule has 0 aliphatic rings. The standard InChI is InChI=1S/C9H17NO4/c1-3-4-5-14-6-8(9(12)13)10-7(2)11/h8H,3-6H2,1-2H3,(H,10,11)(H,12,13). The minimum absolute atomic E-state index is 0.0227. The summed E-state index contributed by atoms with van der Waals surface area (Å²) in [7, 11) is 0. The highest BCUT2D eigenvalue weighted by Crippen LogP contribution is 1.91. The van der Waals surface area contributed by atoms with Crippen LogP contribution in [0.25, 0.3) is 0 Å². The van der Waals surface area contributed by atoms with Gasteiger partial charge in [-0.1, -0.05) is 13.3 Å². The van der Waals surface area contributed by atoms with E-state index in [1.165, 1.54) is 6.92 Å². The van der Waals surface area contributed by atoms with Crippen LogP contribution in [-0.2, 0) is 14.3 Å². The van der Waals surface area contributed by atoms with Crippen LogP contribution < -0.4 is 5.32 Å². The number of carbonyl (C=O) groups is 2. The van der Waals surface area contributed by atoms with Crippen LogP contribution in [-0.4, -0.2) is 36.2 Å². The quantitative estimate of drug-likeness (QED) is 0.587. The Balaban J connectivity index is 3.74. The number of carbonyl (C=O) groups excluding carboxylic acids is 1. The molecule has 0 fully saturated rings. The predicted octanol–water partition coefficient (Wildman–Crippen LogP) is 0.392. The average Bonchev–Trinajstić information content (AvgIpc) is 2.09. The third kappa shape index (κ3) is 6.42. The molecule has 1 unspecified atom stereocenters. The van der Waals surface area contributed by atoms with Gasteiger partial charge in [0, 0.05) is 13.5 Å². The molecule has 5 heteroatoms. The summed E-state index contributed by atoms with van der Waals surface area (Å²) in [5.41, 5.74) is 0. The van der Waals surface area contributed by atoms with Gasteiger partial charge in [0.15, 0.2) is 6.04 Å². The Morgan fingerprint density at radius 3 is 2.57 bits per heavy atom. The van der Waals surface area contributed by atoms with Crippen molar-refractivity contribution in [2.24, 2.45) is 0 Å². The van der Waals surface area contributed by atoms with Crippen molar-refractivity contribution < 1.29 is 19.4 Å². The normalized spacial score (nSPS) is 12.1. The second-order valence-corrected chi connectivity index (χ2v) is 3.02. The van der Waals surface area contributed by atoms with Gasteiger partial charge in [-0.2, -0.15) is 0 Å². The van der Waals surface area contributed by atoms with E-state index in [9.17, 15) is 9.59 Å². The van der Waals surface area contributed by atoms with Crippen molar-refractivity contribution in [3.8, 4) is 0 Å². The summed E-state index contributed by atoms with van der Waals surface area (Å²) < 4.78 is 5.10. The molecule has 0 spiro atoms. The molecule has 1 atom stereocenters. The minimum Gasteiger partial charge on any atom is -0.480 e. The van der Waals surface area contributed by atoms with E-state index in [2.05, 4.69) is 5.32 Å². The van der Waals surface area contributed by atoms with E-state index >= 15 is 0 Å². The zero-order chi connectivity index (χ0) is 11.0. The summed E-state index contributed by atoms with van der Waals surface area (Å²) in [5, 5.41) is 11.0. The molecule has 0 saturated carbocycles. The summed E-state index contributed by atoms with van der Waals surface area (Å²) in [6.45, 7) is 3.85. The molecule has 2 N–H and O–H groups in total. The Morgan fingerprint density at radius 1 is 1.50 bits per heavy atom. The molecule has 0 aromatic heterocycles. The lowest BCUT2D eigenvalue weighted by atomic mass is 10.3. The van der Waals surface area contributed by atoms with Gasteiger partial charge >= 0.3 is 5.97 Å². The molecule has 0 saturated heterocycles. The molecule has 0 bridgehead atoms. The van der Waals surface area contributed by atoms with Gasteiger partial charge in [0.25, 0.3) is 0 Å². The average molecular weight is 203 g/mol. The first kappa shape index (κ1) is 12.9. The Hall–Kier alpha value is -1.10. The molecule has 0 aromatic carbocycles. The predicted molar refractivity (Wildman–Crippen MR) is 51.0 cm³/mol. The number of unbranched alkanes of at least 4 members (excludes halogenated alkanes) is 1.